The molecule has 1 aromatic carbocycles. The Balaban J connectivity index is 2.71. The molecule has 0 N–H and O–H groups in total. The molecule has 0 spiro atoms. The van der Waals surface area contributed by atoms with Gasteiger partial charge in [-0.25, -0.2) is 17.2 Å². The molecular weight excluding hydrogens is 298 g/mol. The van der Waals surface area contributed by atoms with Crippen LogP contribution in [0.25, 0.3) is 0 Å². The first-order chi connectivity index (χ1) is 8.83. The molecule has 0 aromatic heterocycles. The van der Waals surface area contributed by atoms with Crippen LogP contribution in [0.3, 0.4) is 0 Å². The van der Waals surface area contributed by atoms with E-state index in [1.165, 1.54) is 6.07 Å². The van der Waals surface area contributed by atoms with Crippen LogP contribution in [-0.2, 0) is 9.05 Å². The van der Waals surface area contributed by atoms with E-state index < -0.39 is 32.4 Å². The number of hydrogen-bond donors (Lipinski definition) is 0. The molecule has 0 fully saturated rings. The first-order valence-electron chi connectivity index (χ1n) is 5.82. The zero-order chi connectivity index (χ0) is 14.5. The van der Waals surface area contributed by atoms with Gasteiger partial charge in [-0.3, -0.25) is 0 Å². The van der Waals surface area contributed by atoms with E-state index in [1.807, 2.05) is 6.92 Å². The average Bonchev–Trinajstić information content (AvgIpc) is 2.26. The van der Waals surface area contributed by atoms with Gasteiger partial charge in [-0.05, 0) is 18.6 Å². The smallest absolute Gasteiger partial charge is 0.232 e. The van der Waals surface area contributed by atoms with Crippen molar-refractivity contribution in [2.75, 3.05) is 12.4 Å². The van der Waals surface area contributed by atoms with E-state index in [-0.39, 0.29) is 12.4 Å². The number of benzene rings is 1. The van der Waals surface area contributed by atoms with Gasteiger partial charge in [-0.2, -0.15) is 0 Å². The second-order valence-corrected chi connectivity index (χ2v) is 7.04. The fourth-order valence-corrected chi connectivity index (χ4v) is 3.09. The third-order valence-electron chi connectivity index (χ3n) is 2.51. The third-order valence-corrected chi connectivity index (χ3v) is 3.76. The van der Waals surface area contributed by atoms with Crippen molar-refractivity contribution in [2.45, 2.75) is 19.8 Å². The van der Waals surface area contributed by atoms with Crippen molar-refractivity contribution in [3.8, 4) is 5.75 Å². The third kappa shape index (κ3) is 5.74. The zero-order valence-corrected chi connectivity index (χ0v) is 12.0. The van der Waals surface area contributed by atoms with Crippen LogP contribution < -0.4 is 4.74 Å². The van der Waals surface area contributed by atoms with E-state index in [0.717, 1.165) is 18.6 Å². The molecule has 1 aromatic rings. The predicted molar refractivity (Wildman–Crippen MR) is 69.9 cm³/mol. The first kappa shape index (κ1) is 16.2. The minimum atomic E-state index is -3.67. The maximum absolute atomic E-state index is 13.3. The molecule has 0 saturated heterocycles. The van der Waals surface area contributed by atoms with Gasteiger partial charge in [0.05, 0.1) is 12.4 Å². The van der Waals surface area contributed by atoms with E-state index in [0.29, 0.717) is 6.42 Å². The average molecular weight is 313 g/mol. The van der Waals surface area contributed by atoms with Gasteiger partial charge in [0, 0.05) is 16.6 Å². The summed E-state index contributed by atoms with van der Waals surface area (Å²) in [6, 6.07) is 3.38. The summed E-state index contributed by atoms with van der Waals surface area (Å²) in [4.78, 5) is 0. The molecule has 0 aliphatic heterocycles. The molecule has 0 heterocycles. The fraction of sp³-hybridized carbons (Fsp3) is 0.500. The van der Waals surface area contributed by atoms with Crippen LogP contribution in [0.5, 0.6) is 5.75 Å². The number of rotatable bonds is 7. The van der Waals surface area contributed by atoms with Crippen LogP contribution in [0.4, 0.5) is 8.78 Å². The van der Waals surface area contributed by atoms with E-state index in [2.05, 4.69) is 0 Å². The molecule has 0 aliphatic carbocycles. The van der Waals surface area contributed by atoms with Gasteiger partial charge < -0.3 is 4.74 Å². The molecule has 3 nitrogen and oxygen atoms in total. The summed E-state index contributed by atoms with van der Waals surface area (Å²) in [5, 5.41) is 0. The van der Waals surface area contributed by atoms with Crippen molar-refractivity contribution in [3.05, 3.63) is 29.8 Å². The highest BCUT2D eigenvalue weighted by atomic mass is 35.7. The van der Waals surface area contributed by atoms with Crippen LogP contribution in [0.15, 0.2) is 18.2 Å². The second-order valence-electron chi connectivity index (χ2n) is 4.22. The van der Waals surface area contributed by atoms with Crippen molar-refractivity contribution in [1.82, 2.24) is 0 Å². The Morgan fingerprint density at radius 2 is 1.89 bits per heavy atom. The van der Waals surface area contributed by atoms with E-state index in [4.69, 9.17) is 15.4 Å². The monoisotopic (exact) mass is 312 g/mol. The number of ether oxygens (including phenoxy) is 1. The summed E-state index contributed by atoms with van der Waals surface area (Å²) in [5.74, 6) is -2.80. The van der Waals surface area contributed by atoms with Crippen molar-refractivity contribution in [3.63, 3.8) is 0 Å². The Morgan fingerprint density at radius 1 is 1.32 bits per heavy atom. The van der Waals surface area contributed by atoms with Gasteiger partial charge in [-0.1, -0.05) is 19.4 Å². The van der Waals surface area contributed by atoms with Gasteiger partial charge in [0.25, 0.3) is 0 Å². The normalized spacial score (nSPS) is 13.3. The summed E-state index contributed by atoms with van der Waals surface area (Å²) in [7, 11) is 1.51. The SMILES string of the molecule is CCCC(COc1c(F)cccc1F)CS(=O)(=O)Cl. The largest absolute Gasteiger partial charge is 0.487 e. The van der Waals surface area contributed by atoms with Crippen LogP contribution >= 0.6 is 10.7 Å². The van der Waals surface area contributed by atoms with Gasteiger partial charge >= 0.3 is 0 Å². The number of hydrogen-bond acceptors (Lipinski definition) is 3. The molecule has 7 heteroatoms. The van der Waals surface area contributed by atoms with Gasteiger partial charge in [0.2, 0.25) is 9.05 Å². The Bertz CT molecular complexity index is 499. The zero-order valence-electron chi connectivity index (χ0n) is 10.4. The lowest BCUT2D eigenvalue weighted by atomic mass is 10.1. The van der Waals surface area contributed by atoms with E-state index >= 15 is 0 Å². The summed E-state index contributed by atoms with van der Waals surface area (Å²) in [6.45, 7) is 1.77. The van der Waals surface area contributed by atoms with Crippen molar-refractivity contribution < 1.29 is 21.9 Å². The molecule has 1 atom stereocenters. The summed E-state index contributed by atoms with van der Waals surface area (Å²) in [6.07, 6.45) is 1.27. The molecule has 0 saturated carbocycles. The van der Waals surface area contributed by atoms with Gasteiger partial charge in [0.1, 0.15) is 0 Å². The van der Waals surface area contributed by atoms with Gasteiger partial charge in [-0.15, -0.1) is 0 Å². The Morgan fingerprint density at radius 3 is 2.37 bits per heavy atom. The highest BCUT2D eigenvalue weighted by Gasteiger charge is 2.19. The number of para-hydroxylation sites is 1. The summed E-state index contributed by atoms with van der Waals surface area (Å²) in [5.41, 5.74) is 0. The first-order valence-corrected chi connectivity index (χ1v) is 8.30. The maximum Gasteiger partial charge on any atom is 0.232 e. The Kier molecular flexibility index (Phi) is 6.00. The molecule has 108 valence electrons. The molecule has 1 rings (SSSR count). The molecular formula is C12H15ClF2O3S. The van der Waals surface area contributed by atoms with Crippen LogP contribution in [0.1, 0.15) is 19.8 Å². The minimum absolute atomic E-state index is 0.0996. The second kappa shape index (κ2) is 7.05. The van der Waals surface area contributed by atoms with Crippen LogP contribution in [0, 0.1) is 17.6 Å². The van der Waals surface area contributed by atoms with E-state index in [9.17, 15) is 17.2 Å². The fourth-order valence-electron chi connectivity index (χ4n) is 1.73. The van der Waals surface area contributed by atoms with Crippen LogP contribution in [-0.4, -0.2) is 20.8 Å². The standard InChI is InChI=1S/C12H15ClF2O3S/c1-2-4-9(8-19(13,16)17)7-18-12-10(14)5-3-6-11(12)15/h3,5-6,9H,2,4,7-8H2,1H3. The summed E-state index contributed by atoms with van der Waals surface area (Å²) < 4.78 is 53.7. The highest BCUT2D eigenvalue weighted by Crippen LogP contribution is 2.22. The molecule has 19 heavy (non-hydrogen) atoms. The topological polar surface area (TPSA) is 43.4 Å². The molecule has 0 radical (unpaired) electrons. The molecule has 0 aliphatic rings. The maximum atomic E-state index is 13.3. The lowest BCUT2D eigenvalue weighted by Gasteiger charge is -2.16. The number of halogens is 3. The minimum Gasteiger partial charge on any atom is -0.487 e. The predicted octanol–water partition coefficient (Wildman–Crippen LogP) is 3.33. The lowest BCUT2D eigenvalue weighted by Crippen LogP contribution is -2.20. The van der Waals surface area contributed by atoms with Crippen molar-refractivity contribution in [2.24, 2.45) is 5.92 Å². The molecule has 0 bridgehead atoms. The lowest BCUT2D eigenvalue weighted by molar-refractivity contribution is 0.232. The Hall–Kier alpha value is -0.880. The van der Waals surface area contributed by atoms with Crippen molar-refractivity contribution >= 4 is 19.7 Å². The van der Waals surface area contributed by atoms with Crippen molar-refractivity contribution in [1.29, 1.82) is 0 Å². The molecule has 0 amide bonds. The Labute approximate surface area is 115 Å². The highest BCUT2D eigenvalue weighted by molar-refractivity contribution is 8.13. The quantitative estimate of drug-likeness (QED) is 0.725. The molecule has 1 unspecified atom stereocenters. The van der Waals surface area contributed by atoms with Crippen LogP contribution in [0.2, 0.25) is 0 Å². The van der Waals surface area contributed by atoms with E-state index in [1.54, 1.807) is 0 Å². The summed E-state index contributed by atoms with van der Waals surface area (Å²) >= 11 is 0. The van der Waals surface area contributed by atoms with Gasteiger partial charge in [0.15, 0.2) is 17.4 Å².